The van der Waals surface area contributed by atoms with Crippen LogP contribution >= 0.6 is 11.6 Å². The van der Waals surface area contributed by atoms with E-state index in [0.29, 0.717) is 36.6 Å². The van der Waals surface area contributed by atoms with E-state index in [1.165, 1.54) is 0 Å². The zero-order valence-corrected chi connectivity index (χ0v) is 11.0. The highest BCUT2D eigenvalue weighted by molar-refractivity contribution is 6.32. The fourth-order valence-corrected chi connectivity index (χ4v) is 1.74. The molecule has 1 rings (SSSR count). The van der Waals surface area contributed by atoms with E-state index in [1.54, 1.807) is 14.0 Å². The van der Waals surface area contributed by atoms with Gasteiger partial charge in [-0.2, -0.15) is 0 Å². The Hall–Kier alpha value is -1.20. The van der Waals surface area contributed by atoms with E-state index in [-0.39, 0.29) is 5.15 Å². The van der Waals surface area contributed by atoms with Crippen molar-refractivity contribution in [2.75, 3.05) is 31.7 Å². The third-order valence-corrected chi connectivity index (χ3v) is 2.64. The lowest BCUT2D eigenvalue weighted by molar-refractivity contribution is 0.112. The number of rotatable bonds is 6. The maximum atomic E-state index is 11.0. The number of methoxy groups -OCH3 is 1. The molecule has 0 radical (unpaired) electrons. The van der Waals surface area contributed by atoms with Gasteiger partial charge in [0.25, 0.3) is 0 Å². The Kier molecular flexibility index (Phi) is 5.31. The Balaban J connectivity index is 3.12. The van der Waals surface area contributed by atoms with Crippen LogP contribution in [0.2, 0.25) is 5.15 Å². The maximum absolute atomic E-state index is 11.0. The molecule has 0 unspecified atom stereocenters. The molecule has 0 N–H and O–H groups in total. The lowest BCUT2D eigenvalue weighted by Gasteiger charge is -2.23. The topological polar surface area (TPSA) is 55.3 Å². The summed E-state index contributed by atoms with van der Waals surface area (Å²) in [5.74, 6) is 1.11. The Morgan fingerprint density at radius 3 is 2.71 bits per heavy atom. The highest BCUT2D eigenvalue weighted by atomic mass is 35.5. The number of halogens is 1. The molecule has 0 bridgehead atoms. The normalized spacial score (nSPS) is 10.4. The van der Waals surface area contributed by atoms with E-state index in [2.05, 4.69) is 9.97 Å². The van der Waals surface area contributed by atoms with Crippen LogP contribution in [0.5, 0.6) is 0 Å². The third kappa shape index (κ3) is 3.38. The second kappa shape index (κ2) is 6.51. The molecule has 0 amide bonds. The molecule has 6 heteroatoms. The monoisotopic (exact) mass is 257 g/mol. The van der Waals surface area contributed by atoms with Gasteiger partial charge in [-0.25, -0.2) is 9.97 Å². The number of nitrogens with zero attached hydrogens (tertiary/aromatic N) is 3. The van der Waals surface area contributed by atoms with Gasteiger partial charge in [0.1, 0.15) is 16.8 Å². The first kappa shape index (κ1) is 13.9. The summed E-state index contributed by atoms with van der Waals surface area (Å²) in [5, 5.41) is 0.193. The Labute approximate surface area is 106 Å². The van der Waals surface area contributed by atoms with Crippen molar-refractivity contribution in [1.29, 1.82) is 0 Å². The van der Waals surface area contributed by atoms with Gasteiger partial charge in [0, 0.05) is 20.2 Å². The molecule has 1 heterocycles. The molecular formula is C11H16ClN3O2. The van der Waals surface area contributed by atoms with Crippen LogP contribution in [0.25, 0.3) is 0 Å². The van der Waals surface area contributed by atoms with E-state index in [4.69, 9.17) is 16.3 Å². The zero-order valence-electron chi connectivity index (χ0n) is 10.2. The predicted molar refractivity (Wildman–Crippen MR) is 66.9 cm³/mol. The molecule has 0 saturated heterocycles. The molecule has 0 aliphatic carbocycles. The summed E-state index contributed by atoms with van der Waals surface area (Å²) in [6.45, 7) is 5.66. The smallest absolute Gasteiger partial charge is 0.156 e. The highest BCUT2D eigenvalue weighted by Gasteiger charge is 2.16. The number of aldehydes is 1. The first-order valence-corrected chi connectivity index (χ1v) is 5.75. The Bertz CT molecular complexity index is 399. The Morgan fingerprint density at radius 2 is 2.18 bits per heavy atom. The van der Waals surface area contributed by atoms with Crippen LogP contribution in [0, 0.1) is 6.92 Å². The standard InChI is InChI=1S/C11H16ClN3O2/c1-4-15(5-6-17-3)11-9(7-16)10(12)13-8(2)14-11/h7H,4-6H2,1-3H3. The molecule has 0 atom stereocenters. The quantitative estimate of drug-likeness (QED) is 0.574. The van der Waals surface area contributed by atoms with E-state index in [0.717, 1.165) is 6.54 Å². The highest BCUT2D eigenvalue weighted by Crippen LogP contribution is 2.22. The maximum Gasteiger partial charge on any atom is 0.156 e. The van der Waals surface area contributed by atoms with E-state index >= 15 is 0 Å². The average Bonchev–Trinajstić information content (AvgIpc) is 2.29. The van der Waals surface area contributed by atoms with Crippen molar-refractivity contribution < 1.29 is 9.53 Å². The van der Waals surface area contributed by atoms with Gasteiger partial charge >= 0.3 is 0 Å². The summed E-state index contributed by atoms with van der Waals surface area (Å²) in [5.41, 5.74) is 0.329. The minimum absolute atomic E-state index is 0.193. The molecule has 17 heavy (non-hydrogen) atoms. The van der Waals surface area contributed by atoms with Crippen molar-refractivity contribution in [1.82, 2.24) is 9.97 Å². The number of carbonyl (C=O) groups is 1. The first-order chi connectivity index (χ1) is 8.13. The number of aryl methyl sites for hydroxylation is 1. The van der Waals surface area contributed by atoms with Crippen LogP contribution in [0.15, 0.2) is 0 Å². The summed E-state index contributed by atoms with van der Waals surface area (Å²) in [7, 11) is 1.63. The molecular weight excluding hydrogens is 242 g/mol. The van der Waals surface area contributed by atoms with Crippen LogP contribution in [0.4, 0.5) is 5.82 Å². The molecule has 0 aromatic carbocycles. The van der Waals surface area contributed by atoms with Crippen molar-refractivity contribution in [3.63, 3.8) is 0 Å². The van der Waals surface area contributed by atoms with Gasteiger partial charge in [-0.1, -0.05) is 11.6 Å². The number of likely N-dealkylation sites (N-methyl/N-ethyl adjacent to an activating group) is 1. The van der Waals surface area contributed by atoms with Crippen molar-refractivity contribution in [2.24, 2.45) is 0 Å². The fraction of sp³-hybridized carbons (Fsp3) is 0.545. The molecule has 0 spiro atoms. The molecule has 1 aromatic heterocycles. The average molecular weight is 258 g/mol. The van der Waals surface area contributed by atoms with Crippen molar-refractivity contribution in [3.8, 4) is 0 Å². The molecule has 0 aliphatic rings. The SMILES string of the molecule is CCN(CCOC)c1nc(C)nc(Cl)c1C=O. The second-order valence-electron chi connectivity index (χ2n) is 3.49. The number of anilines is 1. The van der Waals surface area contributed by atoms with Crippen LogP contribution in [0.3, 0.4) is 0 Å². The van der Waals surface area contributed by atoms with Crippen molar-refractivity contribution >= 4 is 23.7 Å². The van der Waals surface area contributed by atoms with E-state index in [9.17, 15) is 4.79 Å². The predicted octanol–water partition coefficient (Wildman–Crippen LogP) is 1.72. The van der Waals surface area contributed by atoms with Crippen LogP contribution < -0.4 is 4.90 Å². The Morgan fingerprint density at radius 1 is 1.47 bits per heavy atom. The van der Waals surface area contributed by atoms with Crippen LogP contribution in [0.1, 0.15) is 23.1 Å². The van der Waals surface area contributed by atoms with E-state index < -0.39 is 0 Å². The number of ether oxygens (including phenoxy) is 1. The first-order valence-electron chi connectivity index (χ1n) is 5.37. The largest absolute Gasteiger partial charge is 0.383 e. The van der Waals surface area contributed by atoms with Crippen molar-refractivity contribution in [2.45, 2.75) is 13.8 Å². The number of aromatic nitrogens is 2. The van der Waals surface area contributed by atoms with Crippen LogP contribution in [-0.4, -0.2) is 43.1 Å². The molecule has 0 saturated carbocycles. The molecule has 0 aliphatic heterocycles. The summed E-state index contributed by atoms with van der Waals surface area (Å²) in [6.07, 6.45) is 0.687. The van der Waals surface area contributed by atoms with Gasteiger partial charge in [-0.15, -0.1) is 0 Å². The van der Waals surface area contributed by atoms with Gasteiger partial charge in [-0.05, 0) is 13.8 Å². The number of carbonyl (C=O) groups excluding carboxylic acids is 1. The minimum Gasteiger partial charge on any atom is -0.383 e. The van der Waals surface area contributed by atoms with E-state index in [1.807, 2.05) is 11.8 Å². The number of hydrogen-bond donors (Lipinski definition) is 0. The summed E-state index contributed by atoms with van der Waals surface area (Å²) >= 11 is 5.93. The van der Waals surface area contributed by atoms with Crippen molar-refractivity contribution in [3.05, 3.63) is 16.5 Å². The fourth-order valence-electron chi connectivity index (χ4n) is 1.49. The summed E-state index contributed by atoms with van der Waals surface area (Å²) < 4.78 is 5.02. The van der Waals surface area contributed by atoms with Crippen LogP contribution in [-0.2, 0) is 4.74 Å². The van der Waals surface area contributed by atoms with Gasteiger partial charge < -0.3 is 9.64 Å². The van der Waals surface area contributed by atoms with Gasteiger partial charge in [0.05, 0.1) is 12.2 Å². The molecule has 94 valence electrons. The minimum atomic E-state index is 0.193. The molecule has 5 nitrogen and oxygen atoms in total. The van der Waals surface area contributed by atoms with Gasteiger partial charge in [-0.3, -0.25) is 4.79 Å². The number of hydrogen-bond acceptors (Lipinski definition) is 5. The molecule has 1 aromatic rings. The summed E-state index contributed by atoms with van der Waals surface area (Å²) in [4.78, 5) is 21.2. The summed E-state index contributed by atoms with van der Waals surface area (Å²) in [6, 6.07) is 0. The lowest BCUT2D eigenvalue weighted by Crippen LogP contribution is -2.29. The zero-order chi connectivity index (χ0) is 12.8. The van der Waals surface area contributed by atoms with Gasteiger partial charge in [0.15, 0.2) is 6.29 Å². The third-order valence-electron chi connectivity index (χ3n) is 2.36. The molecule has 0 fully saturated rings. The second-order valence-corrected chi connectivity index (χ2v) is 3.85. The van der Waals surface area contributed by atoms with Gasteiger partial charge in [0.2, 0.25) is 0 Å². The lowest BCUT2D eigenvalue weighted by atomic mass is 10.3.